The standard InChI is InChI=1S/C2H6O2.2NO3.Ni/c3-1-2-4;2*2-1(3)4;/h3-4H,1-2H2;;;/q;2*-1;+2. The van der Waals surface area contributed by atoms with Crippen LogP contribution in [-0.4, -0.2) is 33.6 Å². The Bertz CT molecular complexity index is 96.7. The normalized spacial score (nSPS) is 6.00. The van der Waals surface area contributed by atoms with Crippen LogP contribution in [0.2, 0.25) is 0 Å². The number of hydrogen-bond acceptors (Lipinski definition) is 8. The SMILES string of the molecule is O=[N+]([O-])[O-].O=[N+]([O-])[O-].OCCO.[Ni+2]. The quantitative estimate of drug-likeness (QED) is 0.318. The van der Waals surface area contributed by atoms with E-state index in [2.05, 4.69) is 0 Å². The average Bonchev–Trinajstić information content (AvgIpc) is 1.85. The molecule has 0 saturated heterocycles. The van der Waals surface area contributed by atoms with Crippen LogP contribution in [0, 0.1) is 30.6 Å². The van der Waals surface area contributed by atoms with Gasteiger partial charge in [-0.15, -0.1) is 0 Å². The molecule has 0 aromatic rings. The third-order valence-corrected chi connectivity index (χ3v) is 0.1000. The van der Waals surface area contributed by atoms with Crippen molar-refractivity contribution < 1.29 is 36.9 Å². The van der Waals surface area contributed by atoms with E-state index in [9.17, 15) is 0 Å². The molecule has 0 bridgehead atoms. The maximum atomic E-state index is 8.25. The molecule has 0 aromatic carbocycles. The summed E-state index contributed by atoms with van der Waals surface area (Å²) in [6, 6.07) is 0. The Kier molecular flexibility index (Phi) is 39.0. The molecule has 10 nitrogen and oxygen atoms in total. The third kappa shape index (κ3) is 24200. The van der Waals surface area contributed by atoms with Gasteiger partial charge in [-0.3, -0.25) is 0 Å². The van der Waals surface area contributed by atoms with Gasteiger partial charge in [0.15, 0.2) is 0 Å². The van der Waals surface area contributed by atoms with Crippen LogP contribution in [0.4, 0.5) is 0 Å². The van der Waals surface area contributed by atoms with Gasteiger partial charge in [0.2, 0.25) is 0 Å². The van der Waals surface area contributed by atoms with E-state index < -0.39 is 10.2 Å². The molecule has 11 heteroatoms. The largest absolute Gasteiger partial charge is 2.00 e. The van der Waals surface area contributed by atoms with Gasteiger partial charge in [0, 0.05) is 0 Å². The van der Waals surface area contributed by atoms with Crippen LogP contribution in [0.25, 0.3) is 0 Å². The molecule has 2 N–H and O–H groups in total. The van der Waals surface area contributed by atoms with Gasteiger partial charge in [0.25, 0.3) is 0 Å². The van der Waals surface area contributed by atoms with Crippen molar-refractivity contribution in [1.82, 2.24) is 0 Å². The Balaban J connectivity index is -0.0000000450. The molecule has 0 aliphatic carbocycles. The number of hydrogen-bond donors (Lipinski definition) is 2. The van der Waals surface area contributed by atoms with Crippen molar-refractivity contribution in [2.75, 3.05) is 13.2 Å². The first kappa shape index (κ1) is 22.6. The average molecular weight is 245 g/mol. The minimum Gasteiger partial charge on any atom is -0.394 e. The second-order valence-electron chi connectivity index (χ2n) is 0.894. The van der Waals surface area contributed by atoms with Crippen molar-refractivity contribution in [1.29, 1.82) is 0 Å². The molecule has 0 heterocycles. The van der Waals surface area contributed by atoms with E-state index in [1.165, 1.54) is 0 Å². The third-order valence-electron chi connectivity index (χ3n) is 0.1000. The minimum absolute atomic E-state index is 0. The van der Waals surface area contributed by atoms with E-state index >= 15 is 0 Å². The summed E-state index contributed by atoms with van der Waals surface area (Å²) in [4.78, 5) is 16.5. The molecule has 0 unspecified atom stereocenters. The smallest absolute Gasteiger partial charge is 0.394 e. The molecule has 0 atom stereocenters. The van der Waals surface area contributed by atoms with E-state index in [1.807, 2.05) is 0 Å². The first-order valence-electron chi connectivity index (χ1n) is 2.23. The fourth-order valence-corrected chi connectivity index (χ4v) is 0. The molecule has 0 aliphatic heterocycles. The zero-order valence-electron chi connectivity index (χ0n) is 5.97. The van der Waals surface area contributed by atoms with Crippen molar-refractivity contribution in [3.05, 3.63) is 30.6 Å². The van der Waals surface area contributed by atoms with Crippen LogP contribution in [0.3, 0.4) is 0 Å². The summed E-state index contributed by atoms with van der Waals surface area (Å²) in [6.07, 6.45) is 0. The Morgan fingerprint density at radius 3 is 0.923 bits per heavy atom. The molecule has 0 radical (unpaired) electrons. The Morgan fingerprint density at radius 1 is 0.846 bits per heavy atom. The molecule has 0 saturated carbocycles. The molecule has 0 aromatic heterocycles. The van der Waals surface area contributed by atoms with Crippen LogP contribution in [0.5, 0.6) is 0 Å². The van der Waals surface area contributed by atoms with Crippen LogP contribution >= 0.6 is 0 Å². The van der Waals surface area contributed by atoms with Crippen molar-refractivity contribution in [2.45, 2.75) is 0 Å². The van der Waals surface area contributed by atoms with E-state index in [4.69, 9.17) is 40.9 Å². The number of aliphatic hydroxyl groups is 2. The monoisotopic (exact) mass is 244 g/mol. The maximum Gasteiger partial charge on any atom is 2.00 e. The van der Waals surface area contributed by atoms with Crippen LogP contribution in [-0.2, 0) is 16.5 Å². The zero-order valence-corrected chi connectivity index (χ0v) is 6.96. The van der Waals surface area contributed by atoms with Crippen LogP contribution in [0.1, 0.15) is 0 Å². The summed E-state index contributed by atoms with van der Waals surface area (Å²) >= 11 is 0. The van der Waals surface area contributed by atoms with E-state index in [0.717, 1.165) is 0 Å². The molecular weight excluding hydrogens is 239 g/mol. The predicted molar refractivity (Wildman–Crippen MR) is 34.9 cm³/mol. The molecular formula is C2H6N2NiO8. The molecule has 13 heavy (non-hydrogen) atoms. The molecule has 0 rings (SSSR count). The van der Waals surface area contributed by atoms with Gasteiger partial charge in [-0.2, -0.15) is 0 Å². The van der Waals surface area contributed by atoms with Gasteiger partial charge in [0.05, 0.1) is 23.4 Å². The summed E-state index contributed by atoms with van der Waals surface area (Å²) in [5, 5.41) is 44.8. The van der Waals surface area contributed by atoms with Gasteiger partial charge in [-0.1, -0.05) is 0 Å². The maximum absolute atomic E-state index is 8.25. The first-order valence-corrected chi connectivity index (χ1v) is 2.23. The van der Waals surface area contributed by atoms with Gasteiger partial charge in [0.1, 0.15) is 0 Å². The molecule has 0 fully saturated rings. The number of nitrogens with zero attached hydrogens (tertiary/aromatic N) is 2. The van der Waals surface area contributed by atoms with Gasteiger partial charge >= 0.3 is 16.5 Å². The molecule has 0 amide bonds. The summed E-state index contributed by atoms with van der Waals surface area (Å²) in [7, 11) is 0. The first-order chi connectivity index (χ1) is 5.38. The molecule has 82 valence electrons. The summed E-state index contributed by atoms with van der Waals surface area (Å²) in [5.41, 5.74) is 0. The van der Waals surface area contributed by atoms with E-state index in [1.54, 1.807) is 0 Å². The fourth-order valence-electron chi connectivity index (χ4n) is 0. The Morgan fingerprint density at radius 2 is 0.923 bits per heavy atom. The van der Waals surface area contributed by atoms with Crippen molar-refractivity contribution in [2.24, 2.45) is 0 Å². The second-order valence-corrected chi connectivity index (χ2v) is 0.894. The van der Waals surface area contributed by atoms with Crippen molar-refractivity contribution in [3.8, 4) is 0 Å². The van der Waals surface area contributed by atoms with Crippen molar-refractivity contribution in [3.63, 3.8) is 0 Å². The van der Waals surface area contributed by atoms with Crippen LogP contribution < -0.4 is 0 Å². The molecule has 0 aliphatic rings. The van der Waals surface area contributed by atoms with Crippen molar-refractivity contribution >= 4 is 0 Å². The number of aliphatic hydroxyl groups excluding tert-OH is 2. The van der Waals surface area contributed by atoms with Crippen LogP contribution in [0.15, 0.2) is 0 Å². The van der Waals surface area contributed by atoms with E-state index in [0.29, 0.717) is 0 Å². The summed E-state index contributed by atoms with van der Waals surface area (Å²) < 4.78 is 0. The summed E-state index contributed by atoms with van der Waals surface area (Å²) in [6.45, 7) is -0.250. The fraction of sp³-hybridized carbons (Fsp3) is 1.00. The van der Waals surface area contributed by atoms with Gasteiger partial charge < -0.3 is 40.9 Å². The number of rotatable bonds is 1. The predicted octanol–water partition coefficient (Wildman–Crippen LogP) is -1.51. The molecule has 0 spiro atoms. The Labute approximate surface area is 81.6 Å². The topological polar surface area (TPSA) is 173 Å². The zero-order chi connectivity index (χ0) is 10.6. The van der Waals surface area contributed by atoms with Gasteiger partial charge in [-0.25, -0.2) is 0 Å². The van der Waals surface area contributed by atoms with E-state index in [-0.39, 0.29) is 29.7 Å². The second kappa shape index (κ2) is 22.4. The Hall–Kier alpha value is -1.19. The summed E-state index contributed by atoms with van der Waals surface area (Å²) in [5.74, 6) is 0. The van der Waals surface area contributed by atoms with Gasteiger partial charge in [-0.05, 0) is 0 Å². The minimum atomic E-state index is -1.75.